The highest BCUT2D eigenvalue weighted by molar-refractivity contribution is 5.72. The van der Waals surface area contributed by atoms with Crippen molar-refractivity contribution < 1.29 is 19.4 Å². The molecular formula is C52H94O4. The van der Waals surface area contributed by atoms with Crippen molar-refractivity contribution in [1.82, 2.24) is 0 Å². The van der Waals surface area contributed by atoms with Gasteiger partial charge in [0.1, 0.15) is 5.75 Å². The Morgan fingerprint density at radius 1 is 0.304 bits per heavy atom. The third-order valence-electron chi connectivity index (χ3n) is 12.0. The molecule has 0 heterocycles. The van der Waals surface area contributed by atoms with Crippen LogP contribution in [0, 0.1) is 0 Å². The molecular weight excluding hydrogens is 689 g/mol. The Balaban J connectivity index is 1.62. The number of hydrogen-bond acceptors (Lipinski definition) is 3. The number of rotatable bonds is 46. The summed E-state index contributed by atoms with van der Waals surface area (Å²) in [5.41, 5.74) is 0. The van der Waals surface area contributed by atoms with Crippen LogP contribution in [0.2, 0.25) is 0 Å². The van der Waals surface area contributed by atoms with E-state index in [9.17, 15) is 9.59 Å². The van der Waals surface area contributed by atoms with Gasteiger partial charge >= 0.3 is 11.9 Å². The fraction of sp³-hybridized carbons (Fsp3) is 0.846. The first-order valence-electron chi connectivity index (χ1n) is 25.2. The molecule has 0 amide bonds. The molecule has 0 spiro atoms. The Morgan fingerprint density at radius 2 is 0.500 bits per heavy atom. The van der Waals surface area contributed by atoms with Gasteiger partial charge in [-0.05, 0) is 25.0 Å². The predicted molar refractivity (Wildman–Crippen MR) is 243 cm³/mol. The van der Waals surface area contributed by atoms with Crippen LogP contribution in [0.1, 0.15) is 283 Å². The quantitative estimate of drug-likeness (QED) is 0.0406. The summed E-state index contributed by atoms with van der Waals surface area (Å²) in [5, 5.41) is 8.66. The number of carbonyl (C=O) groups excluding carboxylic acids is 1. The summed E-state index contributed by atoms with van der Waals surface area (Å²) in [6.45, 7) is 0. The second kappa shape index (κ2) is 44.3. The summed E-state index contributed by atoms with van der Waals surface area (Å²) in [4.78, 5) is 22.4. The van der Waals surface area contributed by atoms with Gasteiger partial charge in [-0.2, -0.15) is 0 Å². The molecule has 0 fully saturated rings. The average molecular weight is 783 g/mol. The molecule has 1 N–H and O–H groups in total. The second-order valence-electron chi connectivity index (χ2n) is 17.5. The topological polar surface area (TPSA) is 63.6 Å². The van der Waals surface area contributed by atoms with E-state index in [-0.39, 0.29) is 5.97 Å². The van der Waals surface area contributed by atoms with Crippen molar-refractivity contribution in [3.63, 3.8) is 0 Å². The van der Waals surface area contributed by atoms with Gasteiger partial charge in [-0.25, -0.2) is 0 Å². The van der Waals surface area contributed by atoms with Crippen molar-refractivity contribution in [3.8, 4) is 5.75 Å². The molecule has 0 saturated carbocycles. The van der Waals surface area contributed by atoms with Gasteiger partial charge in [0.25, 0.3) is 0 Å². The molecule has 1 aromatic rings. The first kappa shape index (κ1) is 52.2. The molecule has 0 aromatic heterocycles. The Bertz CT molecular complexity index is 930. The van der Waals surface area contributed by atoms with Gasteiger partial charge in [0, 0.05) is 12.8 Å². The van der Waals surface area contributed by atoms with Gasteiger partial charge in [0.05, 0.1) is 0 Å². The molecule has 0 unspecified atom stereocenters. The van der Waals surface area contributed by atoms with E-state index in [1.807, 2.05) is 30.3 Å². The van der Waals surface area contributed by atoms with E-state index < -0.39 is 5.97 Å². The largest absolute Gasteiger partial charge is 0.481 e. The molecule has 0 aliphatic heterocycles. The predicted octanol–water partition coefficient (Wildman–Crippen LogP) is 17.8. The van der Waals surface area contributed by atoms with Crippen LogP contribution in [0.4, 0.5) is 0 Å². The molecule has 4 nitrogen and oxygen atoms in total. The molecule has 0 bridgehead atoms. The van der Waals surface area contributed by atoms with Gasteiger partial charge < -0.3 is 9.84 Å². The van der Waals surface area contributed by atoms with Gasteiger partial charge in [0.2, 0.25) is 0 Å². The van der Waals surface area contributed by atoms with Crippen molar-refractivity contribution >= 4 is 11.9 Å². The van der Waals surface area contributed by atoms with Crippen LogP contribution in [0.5, 0.6) is 5.75 Å². The number of aliphatic carboxylic acids is 1. The number of hydrogen-bond donors (Lipinski definition) is 1. The summed E-state index contributed by atoms with van der Waals surface area (Å²) in [6, 6.07) is 9.39. The minimum atomic E-state index is -0.650. The highest BCUT2D eigenvalue weighted by Crippen LogP contribution is 2.19. The number of esters is 1. The monoisotopic (exact) mass is 783 g/mol. The normalized spacial score (nSPS) is 11.4. The van der Waals surface area contributed by atoms with Crippen LogP contribution in [0.3, 0.4) is 0 Å². The van der Waals surface area contributed by atoms with Crippen molar-refractivity contribution in [2.45, 2.75) is 283 Å². The summed E-state index contributed by atoms with van der Waals surface area (Å²) >= 11 is 0. The third kappa shape index (κ3) is 41.8. The van der Waals surface area contributed by atoms with E-state index in [1.54, 1.807) is 0 Å². The zero-order chi connectivity index (χ0) is 40.1. The number of ether oxygens (including phenoxy) is 1. The van der Waals surface area contributed by atoms with Gasteiger partial charge in [-0.1, -0.05) is 275 Å². The number of benzene rings is 1. The smallest absolute Gasteiger partial charge is 0.311 e. The number of carboxylic acids is 1. The van der Waals surface area contributed by atoms with Crippen molar-refractivity contribution in [3.05, 3.63) is 30.3 Å². The molecule has 0 saturated heterocycles. The van der Waals surface area contributed by atoms with Gasteiger partial charge in [-0.3, -0.25) is 9.59 Å². The maximum absolute atomic E-state index is 11.9. The highest BCUT2D eigenvalue weighted by atomic mass is 16.5. The lowest BCUT2D eigenvalue weighted by molar-refractivity contribution is -0.137. The molecule has 1 rings (SSSR count). The molecule has 0 radical (unpaired) electrons. The van der Waals surface area contributed by atoms with E-state index in [4.69, 9.17) is 9.84 Å². The third-order valence-corrected chi connectivity index (χ3v) is 12.0. The Morgan fingerprint density at radius 3 is 0.714 bits per heavy atom. The van der Waals surface area contributed by atoms with Crippen LogP contribution in [-0.4, -0.2) is 17.0 Å². The van der Waals surface area contributed by atoms with Crippen molar-refractivity contribution in [2.24, 2.45) is 0 Å². The SMILES string of the molecule is O=C(O)CCCCCCCCCCCCCCCCCCCCCCCCCCCCCCCCCCCCCCCCCCCCC(=O)Oc1ccccc1. The molecule has 0 aliphatic carbocycles. The van der Waals surface area contributed by atoms with E-state index in [2.05, 4.69) is 0 Å². The second-order valence-corrected chi connectivity index (χ2v) is 17.5. The van der Waals surface area contributed by atoms with E-state index in [0.717, 1.165) is 25.7 Å². The van der Waals surface area contributed by atoms with E-state index in [0.29, 0.717) is 18.6 Å². The Labute approximate surface area is 348 Å². The molecule has 1 aromatic carbocycles. The van der Waals surface area contributed by atoms with E-state index >= 15 is 0 Å². The average Bonchev–Trinajstić information content (AvgIpc) is 3.19. The lowest BCUT2D eigenvalue weighted by Crippen LogP contribution is -2.07. The van der Waals surface area contributed by atoms with Crippen LogP contribution in [-0.2, 0) is 9.59 Å². The number of unbranched alkanes of at least 4 members (excludes halogenated alkanes) is 41. The first-order chi connectivity index (χ1) is 27.7. The van der Waals surface area contributed by atoms with Gasteiger partial charge in [0.15, 0.2) is 0 Å². The van der Waals surface area contributed by atoms with Gasteiger partial charge in [-0.15, -0.1) is 0 Å². The van der Waals surface area contributed by atoms with Crippen LogP contribution in [0.15, 0.2) is 30.3 Å². The maximum atomic E-state index is 11.9. The van der Waals surface area contributed by atoms with Crippen molar-refractivity contribution in [2.75, 3.05) is 0 Å². The number of carboxylic acid groups (broad SMARTS) is 1. The fourth-order valence-corrected chi connectivity index (χ4v) is 8.29. The summed E-state index contributed by atoms with van der Waals surface area (Å²) in [6.07, 6.45) is 58.8. The molecule has 4 heteroatoms. The lowest BCUT2D eigenvalue weighted by Gasteiger charge is -2.05. The lowest BCUT2D eigenvalue weighted by atomic mass is 10.0. The minimum absolute atomic E-state index is 0.103. The highest BCUT2D eigenvalue weighted by Gasteiger charge is 2.04. The first-order valence-corrected chi connectivity index (χ1v) is 25.2. The van der Waals surface area contributed by atoms with Crippen LogP contribution < -0.4 is 4.74 Å². The Kier molecular flexibility index (Phi) is 41.2. The number of para-hydroxylation sites is 1. The maximum Gasteiger partial charge on any atom is 0.311 e. The standard InChI is InChI=1S/C52H94O4/c53-51(54)48-44-39-37-35-33-31-29-27-25-23-21-19-17-15-13-11-9-7-5-3-1-2-4-6-8-10-12-14-16-18-20-22-24-26-28-30-32-34-36-38-40-45-49-52(55)56-50-46-42-41-43-47-50/h41-43,46-47H,1-40,44-45,48-49H2,(H,53,54). The van der Waals surface area contributed by atoms with Crippen LogP contribution >= 0.6 is 0 Å². The van der Waals surface area contributed by atoms with Crippen molar-refractivity contribution in [1.29, 1.82) is 0 Å². The van der Waals surface area contributed by atoms with E-state index in [1.165, 1.54) is 244 Å². The summed E-state index contributed by atoms with van der Waals surface area (Å²) < 4.78 is 5.35. The van der Waals surface area contributed by atoms with Crippen LogP contribution in [0.25, 0.3) is 0 Å². The zero-order valence-corrected chi connectivity index (χ0v) is 37.2. The number of carbonyl (C=O) groups is 2. The summed E-state index contributed by atoms with van der Waals surface area (Å²) in [7, 11) is 0. The molecule has 0 atom stereocenters. The molecule has 0 aliphatic rings. The zero-order valence-electron chi connectivity index (χ0n) is 37.2. The summed E-state index contributed by atoms with van der Waals surface area (Å²) in [5.74, 6) is -0.100. The molecule has 56 heavy (non-hydrogen) atoms. The fourth-order valence-electron chi connectivity index (χ4n) is 8.29. The minimum Gasteiger partial charge on any atom is -0.481 e. The molecule has 326 valence electrons. The Hall–Kier alpha value is -1.84.